The second-order valence-corrected chi connectivity index (χ2v) is 4.16. The fourth-order valence-electron chi connectivity index (χ4n) is 2.08. The van der Waals surface area contributed by atoms with Crippen LogP contribution in [-0.2, 0) is 9.47 Å². The van der Waals surface area contributed by atoms with Crippen molar-refractivity contribution in [2.24, 2.45) is 5.92 Å². The van der Waals surface area contributed by atoms with E-state index in [9.17, 15) is 5.11 Å². The third-order valence-corrected chi connectivity index (χ3v) is 3.17. The fraction of sp³-hybridized carbons (Fsp3) is 1.00. The van der Waals surface area contributed by atoms with Crippen LogP contribution in [0, 0.1) is 5.92 Å². The molecule has 12 heavy (non-hydrogen) atoms. The molecule has 2 fully saturated rings. The number of aliphatic hydroxyl groups is 1. The van der Waals surface area contributed by atoms with Crippen molar-refractivity contribution >= 4 is 0 Å². The highest BCUT2D eigenvalue weighted by Crippen LogP contribution is 2.37. The van der Waals surface area contributed by atoms with Crippen molar-refractivity contribution in [3.05, 3.63) is 0 Å². The first-order valence-corrected chi connectivity index (χ1v) is 4.55. The van der Waals surface area contributed by atoms with Gasteiger partial charge in [0.15, 0.2) is 0 Å². The monoisotopic (exact) mass is 172 g/mol. The predicted octanol–water partition coefficient (Wildman–Crippen LogP) is 0.561. The van der Waals surface area contributed by atoms with Crippen LogP contribution in [0.4, 0.5) is 0 Å². The van der Waals surface area contributed by atoms with Gasteiger partial charge in [-0.1, -0.05) is 6.92 Å². The quantitative estimate of drug-likeness (QED) is 0.580. The van der Waals surface area contributed by atoms with E-state index in [4.69, 9.17) is 9.47 Å². The van der Waals surface area contributed by atoms with Crippen molar-refractivity contribution in [2.75, 3.05) is 13.2 Å². The first-order chi connectivity index (χ1) is 5.62. The Labute approximate surface area is 72.7 Å². The van der Waals surface area contributed by atoms with Gasteiger partial charge in [0.25, 0.3) is 0 Å². The third kappa shape index (κ3) is 1.16. The lowest BCUT2D eigenvalue weighted by Crippen LogP contribution is -2.58. The van der Waals surface area contributed by atoms with Gasteiger partial charge in [0, 0.05) is 12.3 Å². The number of rotatable bonds is 0. The minimum Gasteiger partial charge on any atom is -0.393 e. The van der Waals surface area contributed by atoms with Crippen LogP contribution >= 0.6 is 0 Å². The zero-order valence-electron chi connectivity index (χ0n) is 7.62. The summed E-state index contributed by atoms with van der Waals surface area (Å²) < 4.78 is 11.2. The van der Waals surface area contributed by atoms with Gasteiger partial charge in [-0.2, -0.15) is 0 Å². The van der Waals surface area contributed by atoms with E-state index >= 15 is 0 Å². The van der Waals surface area contributed by atoms with E-state index in [1.165, 1.54) is 0 Å². The predicted molar refractivity (Wildman–Crippen MR) is 43.9 cm³/mol. The van der Waals surface area contributed by atoms with E-state index in [1.54, 1.807) is 0 Å². The van der Waals surface area contributed by atoms with Crippen LogP contribution in [0.25, 0.3) is 0 Å². The summed E-state index contributed by atoms with van der Waals surface area (Å²) in [5.41, 5.74) is -0.263. The highest BCUT2D eigenvalue weighted by molar-refractivity contribution is 4.94. The topological polar surface area (TPSA) is 38.7 Å². The zero-order valence-corrected chi connectivity index (χ0v) is 7.62. The maximum Gasteiger partial charge on any atom is 0.0941 e. The summed E-state index contributed by atoms with van der Waals surface area (Å²) >= 11 is 0. The van der Waals surface area contributed by atoms with Gasteiger partial charge in [0.05, 0.1) is 31.0 Å². The van der Waals surface area contributed by atoms with Gasteiger partial charge in [-0.05, 0) is 6.92 Å². The molecule has 2 bridgehead atoms. The largest absolute Gasteiger partial charge is 0.393 e. The molecule has 2 saturated heterocycles. The third-order valence-electron chi connectivity index (χ3n) is 3.17. The molecule has 2 heterocycles. The molecule has 0 spiro atoms. The van der Waals surface area contributed by atoms with E-state index in [-0.39, 0.29) is 23.7 Å². The highest BCUT2D eigenvalue weighted by Gasteiger charge is 2.46. The van der Waals surface area contributed by atoms with Gasteiger partial charge in [-0.3, -0.25) is 0 Å². The molecule has 2 rings (SSSR count). The molecule has 3 heteroatoms. The summed E-state index contributed by atoms with van der Waals surface area (Å²) in [4.78, 5) is 0. The second-order valence-electron chi connectivity index (χ2n) is 4.16. The van der Waals surface area contributed by atoms with Crippen molar-refractivity contribution in [3.8, 4) is 0 Å². The molecule has 2 aliphatic heterocycles. The Morgan fingerprint density at radius 1 is 1.50 bits per heavy atom. The molecule has 0 aliphatic carbocycles. The van der Waals surface area contributed by atoms with Crippen molar-refractivity contribution in [2.45, 2.75) is 38.1 Å². The number of fused-ring (bicyclic) bond motifs is 2. The van der Waals surface area contributed by atoms with Crippen LogP contribution in [0.1, 0.15) is 20.3 Å². The van der Waals surface area contributed by atoms with Crippen LogP contribution in [0.2, 0.25) is 0 Å². The number of hydrogen-bond donors (Lipinski definition) is 1. The summed E-state index contributed by atoms with van der Waals surface area (Å²) in [7, 11) is 0. The molecule has 0 amide bonds. The van der Waals surface area contributed by atoms with Gasteiger partial charge in [-0.15, -0.1) is 0 Å². The second kappa shape index (κ2) is 2.69. The van der Waals surface area contributed by atoms with Gasteiger partial charge >= 0.3 is 0 Å². The van der Waals surface area contributed by atoms with Crippen molar-refractivity contribution in [3.63, 3.8) is 0 Å². The van der Waals surface area contributed by atoms with Crippen LogP contribution < -0.4 is 0 Å². The summed E-state index contributed by atoms with van der Waals surface area (Å²) in [6.07, 6.45) is 0.601. The highest BCUT2D eigenvalue weighted by atomic mass is 16.6. The Balaban J connectivity index is 2.17. The maximum atomic E-state index is 9.71. The Morgan fingerprint density at radius 2 is 2.25 bits per heavy atom. The van der Waals surface area contributed by atoms with Crippen molar-refractivity contribution in [1.82, 2.24) is 0 Å². The molecule has 0 radical (unpaired) electrons. The molecule has 2 aliphatic rings. The van der Waals surface area contributed by atoms with Gasteiger partial charge in [0.1, 0.15) is 0 Å². The SMILES string of the molecule is CC1C(O)C[C@@H]2COC[C@@]1(C)O2. The lowest BCUT2D eigenvalue weighted by molar-refractivity contribution is -0.258. The molecule has 1 N–H and O–H groups in total. The molecule has 0 aromatic heterocycles. The van der Waals surface area contributed by atoms with E-state index in [2.05, 4.69) is 0 Å². The van der Waals surface area contributed by atoms with E-state index in [0.29, 0.717) is 13.2 Å². The van der Waals surface area contributed by atoms with Crippen LogP contribution in [0.15, 0.2) is 0 Å². The van der Waals surface area contributed by atoms with Gasteiger partial charge < -0.3 is 14.6 Å². The Kier molecular flexibility index (Phi) is 1.90. The smallest absolute Gasteiger partial charge is 0.0941 e. The Morgan fingerprint density at radius 3 is 3.00 bits per heavy atom. The van der Waals surface area contributed by atoms with Crippen molar-refractivity contribution in [1.29, 1.82) is 0 Å². The molecule has 0 aromatic rings. The van der Waals surface area contributed by atoms with Crippen LogP contribution in [-0.4, -0.2) is 36.1 Å². The van der Waals surface area contributed by atoms with E-state index in [1.807, 2.05) is 13.8 Å². The van der Waals surface area contributed by atoms with E-state index < -0.39 is 0 Å². The molecule has 0 saturated carbocycles. The standard InChI is InChI=1S/C9H16O3/c1-6-8(10)3-7-4-11-5-9(6,2)12-7/h6-8,10H,3-5H2,1-2H3/t6?,7-,8?,9-/m1/s1. The lowest BCUT2D eigenvalue weighted by atomic mass is 9.80. The molecular weight excluding hydrogens is 156 g/mol. The minimum atomic E-state index is -0.263. The average Bonchev–Trinajstić information content (AvgIpc) is 2.01. The van der Waals surface area contributed by atoms with E-state index in [0.717, 1.165) is 6.42 Å². The van der Waals surface area contributed by atoms with Crippen molar-refractivity contribution < 1.29 is 14.6 Å². The normalized spacial score (nSPS) is 53.8. The maximum absolute atomic E-state index is 9.71. The minimum absolute atomic E-state index is 0.106. The molecule has 70 valence electrons. The fourth-order valence-corrected chi connectivity index (χ4v) is 2.08. The summed E-state index contributed by atoms with van der Waals surface area (Å²) in [5, 5.41) is 9.71. The summed E-state index contributed by atoms with van der Waals surface area (Å²) in [5.74, 6) is 0.175. The summed E-state index contributed by atoms with van der Waals surface area (Å²) in [6, 6.07) is 0. The van der Waals surface area contributed by atoms with Gasteiger partial charge in [0.2, 0.25) is 0 Å². The molecule has 0 aromatic carbocycles. The first-order valence-electron chi connectivity index (χ1n) is 4.55. The van der Waals surface area contributed by atoms with Crippen LogP contribution in [0.5, 0.6) is 0 Å². The average molecular weight is 172 g/mol. The lowest BCUT2D eigenvalue weighted by Gasteiger charge is -2.49. The number of hydrogen-bond acceptors (Lipinski definition) is 3. The number of aliphatic hydroxyl groups excluding tert-OH is 1. The summed E-state index contributed by atoms with van der Waals surface area (Å²) in [6.45, 7) is 5.29. The Bertz CT molecular complexity index is 183. The molecule has 3 nitrogen and oxygen atoms in total. The number of ether oxygens (including phenoxy) is 2. The molecule has 4 atom stereocenters. The molecule has 2 unspecified atom stereocenters. The first kappa shape index (κ1) is 8.48. The molecular formula is C9H16O3. The Hall–Kier alpha value is -0.120. The van der Waals surface area contributed by atoms with Gasteiger partial charge in [-0.25, -0.2) is 0 Å². The zero-order chi connectivity index (χ0) is 8.77. The van der Waals surface area contributed by atoms with Crippen LogP contribution in [0.3, 0.4) is 0 Å².